The van der Waals surface area contributed by atoms with Crippen LogP contribution in [0.4, 0.5) is 11.5 Å². The number of hydrogen-bond acceptors (Lipinski definition) is 6. The van der Waals surface area contributed by atoms with E-state index in [1.54, 1.807) is 0 Å². The molecule has 7 heteroatoms. The van der Waals surface area contributed by atoms with Gasteiger partial charge in [-0.15, -0.1) is 12.3 Å². The molecule has 1 heterocycles. The van der Waals surface area contributed by atoms with Crippen molar-refractivity contribution < 1.29 is 9.66 Å². The van der Waals surface area contributed by atoms with Gasteiger partial charge in [-0.3, -0.25) is 10.1 Å². The minimum atomic E-state index is -0.600. The lowest BCUT2D eigenvalue weighted by Gasteiger charge is -2.05. The SMILES string of the molecule is C#CCCNc1ncnc(OC)c1[N+](=O)[O-]. The van der Waals surface area contributed by atoms with Crippen LogP contribution in [-0.4, -0.2) is 28.5 Å². The molecule has 0 fully saturated rings. The van der Waals surface area contributed by atoms with E-state index in [0.717, 1.165) is 0 Å². The summed E-state index contributed by atoms with van der Waals surface area (Å²) in [5, 5.41) is 13.6. The Bertz CT molecular complexity index is 427. The van der Waals surface area contributed by atoms with E-state index >= 15 is 0 Å². The Morgan fingerprint density at radius 1 is 1.69 bits per heavy atom. The van der Waals surface area contributed by atoms with Crippen LogP contribution in [0.1, 0.15) is 6.42 Å². The van der Waals surface area contributed by atoms with Gasteiger partial charge in [0.2, 0.25) is 5.82 Å². The molecule has 0 aliphatic rings. The number of methoxy groups -OCH3 is 1. The molecule has 0 aliphatic carbocycles. The van der Waals surface area contributed by atoms with Gasteiger partial charge in [0.25, 0.3) is 5.88 Å². The van der Waals surface area contributed by atoms with Crippen molar-refractivity contribution in [3.63, 3.8) is 0 Å². The highest BCUT2D eigenvalue weighted by Gasteiger charge is 2.23. The zero-order valence-corrected chi connectivity index (χ0v) is 8.64. The molecule has 0 aliphatic heterocycles. The molecule has 1 rings (SSSR count). The second-order valence-corrected chi connectivity index (χ2v) is 2.72. The van der Waals surface area contributed by atoms with Crippen LogP contribution in [0.15, 0.2) is 6.33 Å². The molecule has 0 unspecified atom stereocenters. The third-order valence-electron chi connectivity index (χ3n) is 1.73. The van der Waals surface area contributed by atoms with Crippen molar-refractivity contribution in [2.24, 2.45) is 0 Å². The third-order valence-corrected chi connectivity index (χ3v) is 1.73. The minimum Gasteiger partial charge on any atom is -0.476 e. The van der Waals surface area contributed by atoms with Crippen LogP contribution in [0.2, 0.25) is 0 Å². The maximum atomic E-state index is 10.8. The fourth-order valence-electron chi connectivity index (χ4n) is 1.06. The normalized spacial score (nSPS) is 9.25. The smallest absolute Gasteiger partial charge is 0.372 e. The van der Waals surface area contributed by atoms with E-state index < -0.39 is 4.92 Å². The number of rotatable bonds is 5. The second-order valence-electron chi connectivity index (χ2n) is 2.72. The van der Waals surface area contributed by atoms with Gasteiger partial charge in [-0.2, -0.15) is 4.98 Å². The highest BCUT2D eigenvalue weighted by molar-refractivity contribution is 5.61. The molecule has 0 radical (unpaired) electrons. The van der Waals surface area contributed by atoms with Crippen LogP contribution in [-0.2, 0) is 0 Å². The Hall–Kier alpha value is -2.36. The van der Waals surface area contributed by atoms with Gasteiger partial charge >= 0.3 is 5.69 Å². The van der Waals surface area contributed by atoms with Gasteiger partial charge in [-0.05, 0) is 0 Å². The lowest BCUT2D eigenvalue weighted by atomic mass is 10.4. The van der Waals surface area contributed by atoms with E-state index in [-0.39, 0.29) is 17.4 Å². The van der Waals surface area contributed by atoms with Crippen LogP contribution in [0.25, 0.3) is 0 Å². The van der Waals surface area contributed by atoms with Crippen LogP contribution in [0.5, 0.6) is 5.88 Å². The fraction of sp³-hybridized carbons (Fsp3) is 0.333. The van der Waals surface area contributed by atoms with Gasteiger partial charge in [-0.1, -0.05) is 0 Å². The summed E-state index contributed by atoms with van der Waals surface area (Å²) in [5.41, 5.74) is -0.290. The first-order chi connectivity index (χ1) is 7.70. The third kappa shape index (κ3) is 2.57. The Morgan fingerprint density at radius 2 is 2.44 bits per heavy atom. The number of anilines is 1. The highest BCUT2D eigenvalue weighted by Crippen LogP contribution is 2.29. The van der Waals surface area contributed by atoms with Crippen molar-refractivity contribution in [1.82, 2.24) is 9.97 Å². The number of ether oxygens (including phenoxy) is 1. The number of hydrogen-bond donors (Lipinski definition) is 1. The lowest BCUT2D eigenvalue weighted by Crippen LogP contribution is -2.07. The molecule has 0 aromatic carbocycles. The topological polar surface area (TPSA) is 90.2 Å². The molecular weight excluding hydrogens is 212 g/mol. The standard InChI is InChI=1S/C9H10N4O3/c1-3-4-5-10-8-7(13(14)15)9(16-2)12-6-11-8/h1,6H,4-5H2,2H3,(H,10,11,12). The fourth-order valence-corrected chi connectivity index (χ4v) is 1.06. The maximum absolute atomic E-state index is 10.8. The zero-order valence-electron chi connectivity index (χ0n) is 8.64. The molecule has 0 spiro atoms. The minimum absolute atomic E-state index is 0.0804. The molecule has 1 aromatic rings. The molecule has 1 aromatic heterocycles. The number of terminal acetylenes is 1. The number of nitrogens with one attached hydrogen (secondary N) is 1. The van der Waals surface area contributed by atoms with E-state index in [0.29, 0.717) is 13.0 Å². The Balaban J connectivity index is 2.99. The first-order valence-corrected chi connectivity index (χ1v) is 4.41. The zero-order chi connectivity index (χ0) is 12.0. The molecule has 7 nitrogen and oxygen atoms in total. The van der Waals surface area contributed by atoms with Crippen molar-refractivity contribution in [2.75, 3.05) is 19.0 Å². The summed E-state index contributed by atoms with van der Waals surface area (Å²) >= 11 is 0. The quantitative estimate of drug-likeness (QED) is 0.343. The predicted octanol–water partition coefficient (Wildman–Crippen LogP) is 0.829. The Labute approximate surface area is 92.0 Å². The monoisotopic (exact) mass is 222 g/mol. The van der Waals surface area contributed by atoms with Crippen molar-refractivity contribution in [3.8, 4) is 18.2 Å². The summed E-state index contributed by atoms with van der Waals surface area (Å²) in [6.45, 7) is 0.400. The van der Waals surface area contributed by atoms with Crippen LogP contribution in [0, 0.1) is 22.5 Å². The van der Waals surface area contributed by atoms with E-state index in [1.807, 2.05) is 0 Å². The number of aromatic nitrogens is 2. The molecule has 0 saturated carbocycles. The van der Waals surface area contributed by atoms with Gasteiger partial charge in [0.1, 0.15) is 6.33 Å². The average Bonchev–Trinajstić information content (AvgIpc) is 2.28. The first-order valence-electron chi connectivity index (χ1n) is 4.41. The molecule has 0 atom stereocenters. The van der Waals surface area contributed by atoms with Gasteiger partial charge in [0.15, 0.2) is 0 Å². The maximum Gasteiger partial charge on any atom is 0.372 e. The largest absolute Gasteiger partial charge is 0.476 e. The number of nitrogens with zero attached hydrogens (tertiary/aromatic N) is 3. The van der Waals surface area contributed by atoms with E-state index in [9.17, 15) is 10.1 Å². The van der Waals surface area contributed by atoms with E-state index in [4.69, 9.17) is 11.2 Å². The molecular formula is C9H10N4O3. The molecule has 0 bridgehead atoms. The summed E-state index contributed by atoms with van der Waals surface area (Å²) < 4.78 is 4.78. The van der Waals surface area contributed by atoms with Crippen molar-refractivity contribution in [3.05, 3.63) is 16.4 Å². The predicted molar refractivity (Wildman–Crippen MR) is 57.2 cm³/mol. The summed E-state index contributed by atoms with van der Waals surface area (Å²) in [5.74, 6) is 2.43. The van der Waals surface area contributed by atoms with Crippen LogP contribution >= 0.6 is 0 Å². The highest BCUT2D eigenvalue weighted by atomic mass is 16.6. The molecule has 0 saturated heterocycles. The number of nitro groups is 1. The second kappa shape index (κ2) is 5.50. The van der Waals surface area contributed by atoms with Crippen molar-refractivity contribution >= 4 is 11.5 Å². The molecule has 16 heavy (non-hydrogen) atoms. The van der Waals surface area contributed by atoms with Gasteiger partial charge in [0, 0.05) is 13.0 Å². The summed E-state index contributed by atoms with van der Waals surface area (Å²) in [6.07, 6.45) is 6.70. The summed E-state index contributed by atoms with van der Waals surface area (Å²) in [6, 6.07) is 0. The molecule has 0 amide bonds. The van der Waals surface area contributed by atoms with Crippen molar-refractivity contribution in [1.29, 1.82) is 0 Å². The van der Waals surface area contributed by atoms with Gasteiger partial charge in [0.05, 0.1) is 12.0 Å². The van der Waals surface area contributed by atoms with E-state index in [1.165, 1.54) is 13.4 Å². The Morgan fingerprint density at radius 3 is 3.00 bits per heavy atom. The van der Waals surface area contributed by atoms with Gasteiger partial charge < -0.3 is 10.1 Å². The van der Waals surface area contributed by atoms with Crippen LogP contribution < -0.4 is 10.1 Å². The molecule has 84 valence electrons. The summed E-state index contributed by atoms with van der Waals surface area (Å²) in [7, 11) is 1.31. The first kappa shape index (κ1) is 11.7. The van der Waals surface area contributed by atoms with Crippen LogP contribution in [0.3, 0.4) is 0 Å². The lowest BCUT2D eigenvalue weighted by molar-refractivity contribution is -0.385. The molecule has 1 N–H and O–H groups in total. The van der Waals surface area contributed by atoms with E-state index in [2.05, 4.69) is 21.2 Å². The summed E-state index contributed by atoms with van der Waals surface area (Å²) in [4.78, 5) is 17.6. The van der Waals surface area contributed by atoms with Gasteiger partial charge in [-0.25, -0.2) is 4.98 Å². The average molecular weight is 222 g/mol. The van der Waals surface area contributed by atoms with Crippen molar-refractivity contribution in [2.45, 2.75) is 6.42 Å². The Kier molecular flexibility index (Phi) is 4.03.